The highest BCUT2D eigenvalue weighted by Gasteiger charge is 2.15. The Balaban J connectivity index is 2.08. The van der Waals surface area contributed by atoms with E-state index in [1.54, 1.807) is 18.2 Å². The zero-order chi connectivity index (χ0) is 15.1. The molecule has 0 aromatic heterocycles. The monoisotopic (exact) mass is 280 g/mol. The number of nitriles is 1. The molecule has 0 radical (unpaired) electrons. The van der Waals surface area contributed by atoms with Gasteiger partial charge in [-0.15, -0.1) is 0 Å². The van der Waals surface area contributed by atoms with Crippen LogP contribution in [0.4, 0.5) is 5.69 Å². The van der Waals surface area contributed by atoms with Crippen molar-refractivity contribution in [3.63, 3.8) is 0 Å². The van der Waals surface area contributed by atoms with Crippen LogP contribution >= 0.6 is 0 Å². The van der Waals surface area contributed by atoms with E-state index in [0.29, 0.717) is 17.9 Å². The largest absolute Gasteiger partial charge is 0.457 e. The van der Waals surface area contributed by atoms with Crippen LogP contribution in [0.15, 0.2) is 54.6 Å². The van der Waals surface area contributed by atoms with Crippen LogP contribution in [0.2, 0.25) is 0 Å². The van der Waals surface area contributed by atoms with E-state index >= 15 is 0 Å². The summed E-state index contributed by atoms with van der Waals surface area (Å²) in [6.45, 7) is 1.81. The molecular formula is C17H16N2O2. The summed E-state index contributed by atoms with van der Waals surface area (Å²) in [5.41, 5.74) is 0.613. The standard InChI is InChI=1S/C17H16N2O2/c1-2-13(12-18)17(20)19-14-7-6-10-16(11-14)21-15-8-4-3-5-9-15/h3-11,13H,2H2,1H3,(H,19,20). The second-order valence-corrected chi connectivity index (χ2v) is 4.52. The minimum absolute atomic E-state index is 0.295. The first-order chi connectivity index (χ1) is 10.2. The first-order valence-corrected chi connectivity index (χ1v) is 6.76. The van der Waals surface area contributed by atoms with E-state index < -0.39 is 5.92 Å². The molecule has 1 atom stereocenters. The quantitative estimate of drug-likeness (QED) is 0.901. The lowest BCUT2D eigenvalue weighted by atomic mass is 10.1. The van der Waals surface area contributed by atoms with Gasteiger partial charge in [0.25, 0.3) is 0 Å². The Labute approximate surface area is 124 Å². The maximum absolute atomic E-state index is 11.9. The molecular weight excluding hydrogens is 264 g/mol. The molecule has 0 heterocycles. The Morgan fingerprint density at radius 3 is 2.57 bits per heavy atom. The molecule has 4 nitrogen and oxygen atoms in total. The summed E-state index contributed by atoms with van der Waals surface area (Å²) >= 11 is 0. The number of ether oxygens (including phenoxy) is 1. The molecule has 4 heteroatoms. The predicted octanol–water partition coefficient (Wildman–Crippen LogP) is 3.97. The maximum atomic E-state index is 11.9. The molecule has 0 bridgehead atoms. The van der Waals surface area contributed by atoms with E-state index in [-0.39, 0.29) is 5.91 Å². The average molecular weight is 280 g/mol. The van der Waals surface area contributed by atoms with Crippen molar-refractivity contribution in [1.82, 2.24) is 0 Å². The Morgan fingerprint density at radius 1 is 1.19 bits per heavy atom. The number of para-hydroxylation sites is 1. The van der Waals surface area contributed by atoms with E-state index in [2.05, 4.69) is 5.32 Å². The van der Waals surface area contributed by atoms with Gasteiger partial charge in [0, 0.05) is 11.8 Å². The molecule has 0 aliphatic carbocycles. The van der Waals surface area contributed by atoms with Crippen LogP contribution in [0.5, 0.6) is 11.5 Å². The molecule has 2 aromatic rings. The number of carbonyl (C=O) groups excluding carboxylic acids is 1. The SMILES string of the molecule is CCC(C#N)C(=O)Nc1cccc(Oc2ccccc2)c1. The Kier molecular flexibility index (Phi) is 4.94. The van der Waals surface area contributed by atoms with Crippen LogP contribution in [-0.2, 0) is 4.79 Å². The molecule has 0 aliphatic heterocycles. The number of nitrogens with zero attached hydrogens (tertiary/aromatic N) is 1. The molecule has 0 saturated heterocycles. The van der Waals surface area contributed by atoms with Crippen molar-refractivity contribution >= 4 is 11.6 Å². The van der Waals surface area contributed by atoms with Crippen molar-refractivity contribution in [1.29, 1.82) is 5.26 Å². The highest BCUT2D eigenvalue weighted by molar-refractivity contribution is 5.94. The van der Waals surface area contributed by atoms with Gasteiger partial charge in [0.05, 0.1) is 6.07 Å². The lowest BCUT2D eigenvalue weighted by molar-refractivity contribution is -0.118. The summed E-state index contributed by atoms with van der Waals surface area (Å²) in [6.07, 6.45) is 0.489. The van der Waals surface area contributed by atoms with E-state index in [1.165, 1.54) is 0 Å². The van der Waals surface area contributed by atoms with E-state index in [1.807, 2.05) is 49.4 Å². The number of hydrogen-bond donors (Lipinski definition) is 1. The highest BCUT2D eigenvalue weighted by atomic mass is 16.5. The van der Waals surface area contributed by atoms with Crippen molar-refractivity contribution in [2.24, 2.45) is 5.92 Å². The Morgan fingerprint density at radius 2 is 1.90 bits per heavy atom. The highest BCUT2D eigenvalue weighted by Crippen LogP contribution is 2.24. The van der Waals surface area contributed by atoms with Gasteiger partial charge in [-0.05, 0) is 30.7 Å². The third-order valence-electron chi connectivity index (χ3n) is 2.96. The number of hydrogen-bond acceptors (Lipinski definition) is 3. The van der Waals surface area contributed by atoms with E-state index in [0.717, 1.165) is 5.75 Å². The molecule has 1 N–H and O–H groups in total. The lowest BCUT2D eigenvalue weighted by Crippen LogP contribution is -2.20. The van der Waals surface area contributed by atoms with Gasteiger partial charge in [-0.1, -0.05) is 31.2 Å². The van der Waals surface area contributed by atoms with Crippen LogP contribution in [0.1, 0.15) is 13.3 Å². The first-order valence-electron chi connectivity index (χ1n) is 6.76. The number of benzene rings is 2. The van der Waals surface area contributed by atoms with Crippen molar-refractivity contribution in [3.05, 3.63) is 54.6 Å². The number of nitrogens with one attached hydrogen (secondary N) is 1. The van der Waals surface area contributed by atoms with Crippen molar-refractivity contribution < 1.29 is 9.53 Å². The van der Waals surface area contributed by atoms with Crippen LogP contribution < -0.4 is 10.1 Å². The molecule has 1 unspecified atom stereocenters. The summed E-state index contributed by atoms with van der Waals surface area (Å²) in [6, 6.07) is 18.5. The summed E-state index contributed by atoms with van der Waals surface area (Å²) in [7, 11) is 0. The topological polar surface area (TPSA) is 62.1 Å². The fraction of sp³-hybridized carbons (Fsp3) is 0.176. The molecule has 106 valence electrons. The van der Waals surface area contributed by atoms with Crippen LogP contribution in [0.25, 0.3) is 0 Å². The number of anilines is 1. The maximum Gasteiger partial charge on any atom is 0.241 e. The zero-order valence-electron chi connectivity index (χ0n) is 11.7. The molecule has 1 amide bonds. The minimum Gasteiger partial charge on any atom is -0.457 e. The number of carbonyl (C=O) groups is 1. The van der Waals surface area contributed by atoms with Gasteiger partial charge in [-0.2, -0.15) is 5.26 Å². The molecule has 21 heavy (non-hydrogen) atoms. The Bertz CT molecular complexity index is 647. The second kappa shape index (κ2) is 7.11. The summed E-state index contributed by atoms with van der Waals surface area (Å²) < 4.78 is 5.70. The normalized spacial score (nSPS) is 11.2. The predicted molar refractivity (Wildman–Crippen MR) is 81.0 cm³/mol. The fourth-order valence-electron chi connectivity index (χ4n) is 1.83. The van der Waals surface area contributed by atoms with Crippen molar-refractivity contribution in [2.45, 2.75) is 13.3 Å². The van der Waals surface area contributed by atoms with Gasteiger partial charge in [-0.25, -0.2) is 0 Å². The van der Waals surface area contributed by atoms with Crippen LogP contribution in [0.3, 0.4) is 0 Å². The number of rotatable bonds is 5. The van der Waals surface area contributed by atoms with E-state index in [9.17, 15) is 4.79 Å². The molecule has 2 aromatic carbocycles. The average Bonchev–Trinajstić information content (AvgIpc) is 2.50. The van der Waals surface area contributed by atoms with Crippen molar-refractivity contribution in [3.8, 4) is 17.6 Å². The summed E-state index contributed by atoms with van der Waals surface area (Å²) in [4.78, 5) is 11.9. The molecule has 0 spiro atoms. The van der Waals surface area contributed by atoms with E-state index in [4.69, 9.17) is 10.00 Å². The van der Waals surface area contributed by atoms with Gasteiger partial charge >= 0.3 is 0 Å². The van der Waals surface area contributed by atoms with Gasteiger partial charge < -0.3 is 10.1 Å². The third kappa shape index (κ3) is 4.08. The molecule has 0 saturated carbocycles. The van der Waals surface area contributed by atoms with Gasteiger partial charge in [0.1, 0.15) is 17.4 Å². The van der Waals surface area contributed by atoms with Crippen LogP contribution in [0, 0.1) is 17.2 Å². The Hall–Kier alpha value is -2.80. The molecule has 0 aliphatic rings. The van der Waals surface area contributed by atoms with Gasteiger partial charge in [-0.3, -0.25) is 4.79 Å². The first kappa shape index (κ1) is 14.6. The van der Waals surface area contributed by atoms with Gasteiger partial charge in [0.15, 0.2) is 0 Å². The summed E-state index contributed by atoms with van der Waals surface area (Å²) in [5.74, 6) is 0.425. The zero-order valence-corrected chi connectivity index (χ0v) is 11.7. The lowest BCUT2D eigenvalue weighted by Gasteiger charge is -2.10. The van der Waals surface area contributed by atoms with Crippen molar-refractivity contribution in [2.75, 3.05) is 5.32 Å². The second-order valence-electron chi connectivity index (χ2n) is 4.52. The molecule has 2 rings (SSSR count). The number of amides is 1. The van der Waals surface area contributed by atoms with Gasteiger partial charge in [0.2, 0.25) is 5.91 Å². The fourth-order valence-corrected chi connectivity index (χ4v) is 1.83. The van der Waals surface area contributed by atoms with Crippen LogP contribution in [-0.4, -0.2) is 5.91 Å². The third-order valence-corrected chi connectivity index (χ3v) is 2.96. The minimum atomic E-state index is -0.635. The summed E-state index contributed by atoms with van der Waals surface area (Å²) in [5, 5.41) is 11.6. The smallest absolute Gasteiger partial charge is 0.241 e. The molecule has 0 fully saturated rings.